The Balaban J connectivity index is 1.67. The highest BCUT2D eigenvalue weighted by atomic mass is 31.2. The lowest BCUT2D eigenvalue weighted by Gasteiger charge is -2.32. The van der Waals surface area contributed by atoms with Crippen molar-refractivity contribution in [2.75, 3.05) is 6.54 Å². The van der Waals surface area contributed by atoms with E-state index in [1.165, 1.54) is 6.92 Å². The summed E-state index contributed by atoms with van der Waals surface area (Å²) in [5.41, 5.74) is 1.74. The highest BCUT2D eigenvalue weighted by Crippen LogP contribution is 2.74. The van der Waals surface area contributed by atoms with Crippen LogP contribution < -0.4 is 20.5 Å². The van der Waals surface area contributed by atoms with Gasteiger partial charge in [0.05, 0.1) is 17.4 Å². The summed E-state index contributed by atoms with van der Waals surface area (Å²) in [6, 6.07) is 24.9. The highest BCUT2D eigenvalue weighted by Gasteiger charge is 2.49. The van der Waals surface area contributed by atoms with E-state index in [0.717, 1.165) is 16.7 Å². The van der Waals surface area contributed by atoms with E-state index in [0.29, 0.717) is 18.6 Å². The van der Waals surface area contributed by atoms with E-state index in [1.54, 1.807) is 0 Å². The van der Waals surface area contributed by atoms with Gasteiger partial charge < -0.3 is 25.0 Å². The topological polar surface area (TPSA) is 134 Å². The maximum absolute atomic E-state index is 15.3. The Morgan fingerprint density at radius 3 is 1.86 bits per heavy atom. The first-order chi connectivity index (χ1) is 20.9. The van der Waals surface area contributed by atoms with Crippen LogP contribution in [0.1, 0.15) is 68.5 Å². The van der Waals surface area contributed by atoms with Crippen molar-refractivity contribution in [1.82, 2.24) is 15.7 Å². The molecule has 3 aromatic rings. The molecule has 9 nitrogen and oxygen atoms in total. The molecule has 3 aromatic carbocycles. The van der Waals surface area contributed by atoms with Gasteiger partial charge >= 0.3 is 5.97 Å². The molecule has 0 spiro atoms. The molecule has 234 valence electrons. The average Bonchev–Trinajstić information content (AvgIpc) is 3.32. The summed E-state index contributed by atoms with van der Waals surface area (Å²) >= 11 is 0. The largest absolute Gasteiger partial charge is 0.488 e. The van der Waals surface area contributed by atoms with E-state index in [2.05, 4.69) is 15.7 Å². The third kappa shape index (κ3) is 8.58. The first-order valence-corrected chi connectivity index (χ1v) is 16.7. The van der Waals surface area contributed by atoms with Gasteiger partial charge in [0.15, 0.2) is 7.29 Å². The van der Waals surface area contributed by atoms with Crippen LogP contribution in [0.15, 0.2) is 84.9 Å². The number of carboxylic acid groups (broad SMARTS) is 1. The number of carboxylic acids is 1. The lowest BCUT2D eigenvalue weighted by atomic mass is 10.0. The summed E-state index contributed by atoms with van der Waals surface area (Å²) < 4.78 is 21.3. The molecule has 0 aromatic heterocycles. The van der Waals surface area contributed by atoms with E-state index >= 15 is 4.57 Å². The van der Waals surface area contributed by atoms with Crippen LogP contribution >= 0.6 is 7.29 Å². The predicted octanol–water partition coefficient (Wildman–Crippen LogP) is 5.62. The molecule has 10 heteroatoms. The number of hydrogen-bond donors (Lipinski definition) is 4. The average molecular weight is 620 g/mol. The van der Waals surface area contributed by atoms with Gasteiger partial charge in [-0.2, -0.15) is 0 Å². The van der Waals surface area contributed by atoms with Crippen LogP contribution in [-0.4, -0.2) is 47.1 Å². The fourth-order valence-corrected chi connectivity index (χ4v) is 9.43. The number of benzene rings is 3. The summed E-state index contributed by atoms with van der Waals surface area (Å²) in [5, 5.41) is 17.3. The third-order valence-corrected chi connectivity index (χ3v) is 11.3. The van der Waals surface area contributed by atoms with Crippen LogP contribution in [-0.2, 0) is 25.4 Å². The second-order valence-corrected chi connectivity index (χ2v) is 15.1. The zero-order valence-corrected chi connectivity index (χ0v) is 26.6. The van der Waals surface area contributed by atoms with Gasteiger partial charge in [-0.05, 0) is 75.8 Å². The molecule has 44 heavy (non-hydrogen) atoms. The van der Waals surface area contributed by atoms with Gasteiger partial charge in [0, 0.05) is 0 Å². The van der Waals surface area contributed by atoms with Gasteiger partial charge in [-0.15, -0.1) is 0 Å². The van der Waals surface area contributed by atoms with Crippen LogP contribution in [0.4, 0.5) is 0 Å². The first-order valence-electron chi connectivity index (χ1n) is 14.9. The second-order valence-electron chi connectivity index (χ2n) is 12.2. The predicted molar refractivity (Wildman–Crippen MR) is 171 cm³/mol. The monoisotopic (exact) mass is 619 g/mol. The van der Waals surface area contributed by atoms with E-state index < -0.39 is 43.7 Å². The summed E-state index contributed by atoms with van der Waals surface area (Å²) in [4.78, 5) is 37.3. The van der Waals surface area contributed by atoms with Gasteiger partial charge in [0.1, 0.15) is 23.9 Å². The molecule has 4 N–H and O–H groups in total. The maximum Gasteiger partial charge on any atom is 0.322 e. The van der Waals surface area contributed by atoms with Crippen molar-refractivity contribution < 1.29 is 28.8 Å². The highest BCUT2D eigenvalue weighted by molar-refractivity contribution is 7.63. The lowest BCUT2D eigenvalue weighted by molar-refractivity contribution is -0.138. The van der Waals surface area contributed by atoms with Gasteiger partial charge in [-0.25, -0.2) is 0 Å². The smallest absolute Gasteiger partial charge is 0.322 e. The number of ether oxygens (including phenoxy) is 1. The Bertz CT molecular complexity index is 1420. The molecular weight excluding hydrogens is 577 g/mol. The van der Waals surface area contributed by atoms with E-state index in [9.17, 15) is 14.4 Å². The molecule has 0 radical (unpaired) electrons. The molecule has 1 aliphatic heterocycles. The number of rotatable bonds is 12. The molecular formula is C34H42N3O6P. The molecule has 2 amide bonds. The van der Waals surface area contributed by atoms with E-state index in [1.807, 2.05) is 106 Å². The standard InChI is InChI=1S/C34H42N3O6P/c1-23(32(40)35-22-31(38)39)36-33(41)28(21-24-15-17-27(18-16-24)43-34(2,3)4)37-44(42)29(25-11-7-5-8-12-25)19-20-30(44)26-13-9-6-10-14-26/h5-18,23,28-30H,19-22H2,1-4H3,(H,35,40)(H,36,41)(H,37,42)(H,38,39)/t23-,28+,29+,30+/m1/s1. The second kappa shape index (κ2) is 14.2. The molecule has 1 saturated heterocycles. The van der Waals surface area contributed by atoms with Crippen molar-refractivity contribution in [3.8, 4) is 5.75 Å². The van der Waals surface area contributed by atoms with Crippen molar-refractivity contribution in [2.45, 2.75) is 76.0 Å². The Morgan fingerprint density at radius 2 is 1.39 bits per heavy atom. The maximum atomic E-state index is 15.3. The van der Waals surface area contributed by atoms with E-state index in [-0.39, 0.29) is 23.3 Å². The van der Waals surface area contributed by atoms with Gasteiger partial charge in [0.2, 0.25) is 11.8 Å². The van der Waals surface area contributed by atoms with Crippen LogP contribution in [0.5, 0.6) is 5.75 Å². The number of carbonyl (C=O) groups excluding carboxylic acids is 2. The number of amides is 2. The summed E-state index contributed by atoms with van der Waals surface area (Å²) in [6.45, 7) is 6.82. The van der Waals surface area contributed by atoms with Crippen LogP contribution in [0, 0.1) is 0 Å². The number of hydrogen-bond acceptors (Lipinski definition) is 5. The Hall–Kier alpha value is -3.94. The van der Waals surface area contributed by atoms with Gasteiger partial charge in [-0.1, -0.05) is 72.8 Å². The molecule has 1 heterocycles. The van der Waals surface area contributed by atoms with Crippen molar-refractivity contribution in [3.63, 3.8) is 0 Å². The molecule has 1 fully saturated rings. The van der Waals surface area contributed by atoms with Crippen molar-refractivity contribution in [2.24, 2.45) is 0 Å². The molecule has 0 saturated carbocycles. The quantitative estimate of drug-likeness (QED) is 0.193. The summed E-state index contributed by atoms with van der Waals surface area (Å²) in [6.07, 6.45) is 1.59. The van der Waals surface area contributed by atoms with Gasteiger partial charge in [0.25, 0.3) is 0 Å². The van der Waals surface area contributed by atoms with Crippen molar-refractivity contribution in [3.05, 3.63) is 102 Å². The number of carbonyl (C=O) groups is 3. The molecule has 4 rings (SSSR count). The zero-order valence-electron chi connectivity index (χ0n) is 25.7. The van der Waals surface area contributed by atoms with Crippen LogP contribution in [0.3, 0.4) is 0 Å². The minimum Gasteiger partial charge on any atom is -0.488 e. The molecule has 0 bridgehead atoms. The lowest BCUT2D eigenvalue weighted by Crippen LogP contribution is -2.52. The van der Waals surface area contributed by atoms with Crippen molar-refractivity contribution in [1.29, 1.82) is 0 Å². The minimum absolute atomic E-state index is 0.206. The fourth-order valence-electron chi connectivity index (χ4n) is 5.64. The fraction of sp³-hybridized carbons (Fsp3) is 0.382. The number of aliphatic carboxylic acids is 1. The minimum atomic E-state index is -3.33. The Morgan fingerprint density at radius 1 is 0.864 bits per heavy atom. The Kier molecular flexibility index (Phi) is 10.7. The van der Waals surface area contributed by atoms with Crippen LogP contribution in [0.25, 0.3) is 0 Å². The molecule has 1 aliphatic rings. The molecule has 0 unspecified atom stereocenters. The summed E-state index contributed by atoms with van der Waals surface area (Å²) in [7, 11) is -3.33. The normalized spacial score (nSPS) is 19.0. The van der Waals surface area contributed by atoms with E-state index in [4.69, 9.17) is 9.84 Å². The molecule has 4 atom stereocenters. The third-order valence-electron chi connectivity index (χ3n) is 7.64. The molecule has 0 aliphatic carbocycles. The summed E-state index contributed by atoms with van der Waals surface area (Å²) in [5.74, 6) is -1.62. The SMILES string of the molecule is C[C@@H](NC(=O)[C@H](Cc1ccc(OC(C)(C)C)cc1)NP1(=O)[C@H](c2ccccc2)CC[C@H]1c1ccccc1)C(=O)NCC(=O)O. The van der Waals surface area contributed by atoms with Crippen LogP contribution in [0.2, 0.25) is 0 Å². The Labute approximate surface area is 259 Å². The number of nitrogens with one attached hydrogen (secondary N) is 3. The zero-order chi connectivity index (χ0) is 31.9. The first kappa shape index (κ1) is 33.0. The van der Waals surface area contributed by atoms with Crippen molar-refractivity contribution >= 4 is 25.1 Å². The van der Waals surface area contributed by atoms with Gasteiger partial charge in [-0.3, -0.25) is 19.5 Å².